The molecule has 0 unspecified atom stereocenters. The molecule has 4 aromatic rings. The molecule has 23 heteroatoms. The number of hydrogen-bond acceptors (Lipinski definition) is 16. The van der Waals surface area contributed by atoms with Crippen molar-refractivity contribution in [2.45, 2.75) is 50.7 Å². The zero-order chi connectivity index (χ0) is 31.8. The Bertz CT molecular complexity index is 1940. The number of ether oxygens (including phenoxy) is 2. The van der Waals surface area contributed by atoms with Crippen LogP contribution < -0.4 is 17.0 Å². The van der Waals surface area contributed by atoms with Gasteiger partial charge in [-0.25, -0.2) is 29.1 Å². The highest BCUT2D eigenvalue weighted by atomic mass is 32.7. The lowest BCUT2D eigenvalue weighted by Crippen LogP contribution is -2.34. The summed E-state index contributed by atoms with van der Waals surface area (Å²) >= 11 is 8.46. The second kappa shape index (κ2) is 11.3. The van der Waals surface area contributed by atoms with E-state index in [0.29, 0.717) is 11.2 Å². The summed E-state index contributed by atoms with van der Waals surface area (Å²) in [6.45, 7) is -5.26. The Morgan fingerprint density at radius 3 is 1.96 bits per heavy atom. The summed E-state index contributed by atoms with van der Waals surface area (Å²) in [5.41, 5.74) is 12.2. The molecule has 7 rings (SSSR count). The van der Waals surface area contributed by atoms with Crippen molar-refractivity contribution < 1.29 is 36.7 Å². The molecule has 0 radical (unpaired) electrons. The molecule has 7 heterocycles. The monoisotopic (exact) mass is 702 g/mol. The Kier molecular flexibility index (Phi) is 7.79. The minimum absolute atomic E-state index is 0.0399. The van der Waals surface area contributed by atoms with Crippen LogP contribution in [-0.2, 0) is 36.7 Å². The van der Waals surface area contributed by atoms with Gasteiger partial charge in [-0.1, -0.05) is 38.3 Å². The number of nitrogens with one attached hydrogen (secondary N) is 1. The first-order valence-corrected chi connectivity index (χ1v) is 19.0. The van der Waals surface area contributed by atoms with Gasteiger partial charge in [-0.05, 0) is 0 Å². The lowest BCUT2D eigenvalue weighted by atomic mass is 10.0. The SMILES string of the molecule is C[C@@H]1[C@@H]2O[P@@](=O)(S)OC[C@H]3O[C@@H](n4cnc5c(=O)[nH]c(N)nc54)[C@H](C)[C@@H]3O[P@](=O)(S)OC[C@H]2O[C@H]1n1cnc2c(N)ncnc21. The van der Waals surface area contributed by atoms with Crippen molar-refractivity contribution in [1.82, 2.24) is 39.0 Å². The summed E-state index contributed by atoms with van der Waals surface area (Å²) in [5, 5.41) is 0. The quantitative estimate of drug-likeness (QED) is 0.148. The molecule has 4 aromatic heterocycles. The van der Waals surface area contributed by atoms with Crippen LogP contribution in [0, 0.1) is 11.8 Å². The lowest BCUT2D eigenvalue weighted by Gasteiger charge is -2.29. The third kappa shape index (κ3) is 5.58. The average Bonchev–Trinajstić information content (AvgIpc) is 3.72. The van der Waals surface area contributed by atoms with Gasteiger partial charge >= 0.3 is 13.6 Å². The fourth-order valence-electron chi connectivity index (χ4n) is 5.89. The molecule has 0 bridgehead atoms. The van der Waals surface area contributed by atoms with Crippen LogP contribution in [0.25, 0.3) is 22.3 Å². The summed E-state index contributed by atoms with van der Waals surface area (Å²) in [5.74, 6) is -0.974. The van der Waals surface area contributed by atoms with Crippen molar-refractivity contribution in [3.63, 3.8) is 0 Å². The molecule has 19 nitrogen and oxygen atoms in total. The second-order valence-electron chi connectivity index (χ2n) is 10.9. The Morgan fingerprint density at radius 2 is 1.38 bits per heavy atom. The molecule has 5 N–H and O–H groups in total. The van der Waals surface area contributed by atoms with Gasteiger partial charge in [0, 0.05) is 11.8 Å². The first-order valence-electron chi connectivity index (χ1n) is 13.6. The zero-order valence-corrected chi connectivity index (χ0v) is 27.1. The van der Waals surface area contributed by atoms with E-state index in [1.807, 2.05) is 0 Å². The van der Waals surface area contributed by atoms with Crippen molar-refractivity contribution in [3.8, 4) is 0 Å². The van der Waals surface area contributed by atoms with Gasteiger partial charge < -0.3 is 20.9 Å². The smallest absolute Gasteiger partial charge is 0.382 e. The number of aromatic amines is 1. The number of fused-ring (bicyclic) bond motifs is 4. The maximum atomic E-state index is 13.6. The standard InChI is InChI=1S/C22H28N10O9P2S2/c1-8-14-10(38-20(8)31-6-27-12-16(23)25-5-26-17(12)31)3-36-43(35,45)41-15-9(2)21(39-11(15)4-37-42(34,44)40-14)32-7-28-13-18(32)29-22(24)30-19(13)33/h5-11,14-15,20-21H,3-4H2,1-2H3,(H,34,44)(H,35,45)(H2,23,25,26)(H3,24,29,30,33)/t8-,9-,10-,11-,14+,15+,20-,21-,42+,43-/m1/s1. The summed E-state index contributed by atoms with van der Waals surface area (Å²) in [7, 11) is 0. The molecule has 0 spiro atoms. The van der Waals surface area contributed by atoms with E-state index in [9.17, 15) is 13.9 Å². The van der Waals surface area contributed by atoms with E-state index >= 15 is 0 Å². The third-order valence-corrected chi connectivity index (χ3v) is 11.2. The minimum atomic E-state index is -4.08. The van der Waals surface area contributed by atoms with E-state index in [2.05, 4.69) is 54.4 Å². The Hall–Kier alpha value is -2.58. The highest BCUT2D eigenvalue weighted by molar-refractivity contribution is 8.44. The van der Waals surface area contributed by atoms with Crippen LogP contribution in [-0.4, -0.2) is 76.7 Å². The summed E-state index contributed by atoms with van der Waals surface area (Å²) in [6.07, 6.45) is -1.16. The molecule has 3 aliphatic rings. The molecular weight excluding hydrogens is 674 g/mol. The van der Waals surface area contributed by atoms with E-state index in [4.69, 9.17) is 39.0 Å². The van der Waals surface area contributed by atoms with Gasteiger partial charge in [-0.2, -0.15) is 4.98 Å². The third-order valence-electron chi connectivity index (χ3n) is 8.00. The number of rotatable bonds is 2. The molecule has 45 heavy (non-hydrogen) atoms. The molecule has 0 aromatic carbocycles. The van der Waals surface area contributed by atoms with E-state index < -0.39 is 67.9 Å². The maximum Gasteiger partial charge on any atom is 0.386 e. The predicted molar refractivity (Wildman–Crippen MR) is 163 cm³/mol. The Labute approximate surface area is 264 Å². The molecule has 3 aliphatic heterocycles. The molecule has 242 valence electrons. The molecule has 3 saturated heterocycles. The van der Waals surface area contributed by atoms with Crippen LogP contribution in [0.5, 0.6) is 0 Å². The number of nitrogens with two attached hydrogens (primary N) is 2. The van der Waals surface area contributed by atoms with Crippen LogP contribution >= 0.6 is 38.1 Å². The van der Waals surface area contributed by atoms with Crippen molar-refractivity contribution in [3.05, 3.63) is 29.3 Å². The molecule has 0 aliphatic carbocycles. The molecular formula is C22H28N10O9P2S2. The van der Waals surface area contributed by atoms with E-state index in [1.165, 1.54) is 23.5 Å². The van der Waals surface area contributed by atoms with Gasteiger partial charge in [-0.15, -0.1) is 0 Å². The first kappa shape index (κ1) is 31.0. The summed E-state index contributed by atoms with van der Waals surface area (Å²) in [6, 6.07) is 0. The first-order chi connectivity index (χ1) is 21.3. The van der Waals surface area contributed by atoms with Gasteiger partial charge in [0.05, 0.1) is 25.9 Å². The number of aromatic nitrogens is 8. The van der Waals surface area contributed by atoms with Crippen molar-refractivity contribution >= 4 is 72.2 Å². The number of anilines is 2. The van der Waals surface area contributed by atoms with Crippen molar-refractivity contribution in [2.75, 3.05) is 24.7 Å². The van der Waals surface area contributed by atoms with Gasteiger partial charge in [0.15, 0.2) is 22.6 Å². The van der Waals surface area contributed by atoms with Crippen LogP contribution in [0.15, 0.2) is 23.8 Å². The number of imidazole rings is 2. The minimum Gasteiger partial charge on any atom is -0.382 e. The topological polar surface area (TPSA) is 249 Å². The van der Waals surface area contributed by atoms with Crippen molar-refractivity contribution in [1.29, 1.82) is 0 Å². The summed E-state index contributed by atoms with van der Waals surface area (Å²) < 4.78 is 66.1. The average molecular weight is 703 g/mol. The van der Waals surface area contributed by atoms with Crippen LogP contribution in [0.3, 0.4) is 0 Å². The highest BCUT2D eigenvalue weighted by Gasteiger charge is 2.51. The second-order valence-corrected chi connectivity index (χ2v) is 16.6. The maximum absolute atomic E-state index is 13.6. The number of nitrogen functional groups attached to an aromatic ring is 2. The molecule has 0 amide bonds. The van der Waals surface area contributed by atoms with Gasteiger partial charge in [-0.3, -0.25) is 37.0 Å². The van der Waals surface area contributed by atoms with Crippen LogP contribution in [0.4, 0.5) is 11.8 Å². The Morgan fingerprint density at radius 1 is 0.844 bits per heavy atom. The van der Waals surface area contributed by atoms with Crippen molar-refractivity contribution in [2.24, 2.45) is 11.8 Å². The van der Waals surface area contributed by atoms with E-state index in [0.717, 1.165) is 0 Å². The van der Waals surface area contributed by atoms with Gasteiger partial charge in [0.2, 0.25) is 5.95 Å². The van der Waals surface area contributed by atoms with E-state index in [1.54, 1.807) is 18.4 Å². The van der Waals surface area contributed by atoms with Gasteiger partial charge in [0.1, 0.15) is 48.7 Å². The number of hydrogen-bond donors (Lipinski definition) is 5. The Balaban J connectivity index is 1.17. The highest BCUT2D eigenvalue weighted by Crippen LogP contribution is 2.61. The fourth-order valence-corrected chi connectivity index (χ4v) is 9.00. The number of thiol groups is 2. The normalized spacial score (nSPS) is 37.7. The predicted octanol–water partition coefficient (Wildman–Crippen LogP) is 2.08. The largest absolute Gasteiger partial charge is 0.386 e. The lowest BCUT2D eigenvalue weighted by molar-refractivity contribution is -0.0540. The molecule has 10 atom stereocenters. The van der Waals surface area contributed by atoms with Crippen LogP contribution in [0.2, 0.25) is 0 Å². The summed E-state index contributed by atoms with van der Waals surface area (Å²) in [4.78, 5) is 35.6. The van der Waals surface area contributed by atoms with Gasteiger partial charge in [0.25, 0.3) is 5.56 Å². The van der Waals surface area contributed by atoms with Crippen LogP contribution in [0.1, 0.15) is 26.3 Å². The van der Waals surface area contributed by atoms with E-state index in [-0.39, 0.29) is 36.1 Å². The number of H-pyrrole nitrogens is 1. The fraction of sp³-hybridized carbons (Fsp3) is 0.545. The zero-order valence-electron chi connectivity index (χ0n) is 23.5. The molecule has 0 saturated carbocycles. The number of nitrogens with zero attached hydrogens (tertiary/aromatic N) is 7. The molecule has 3 fully saturated rings.